The molecule has 1 atom stereocenters. The van der Waals surface area contributed by atoms with Crippen molar-refractivity contribution >= 4 is 28.7 Å². The first-order chi connectivity index (χ1) is 11.8. The Labute approximate surface area is 142 Å². The molecule has 25 heavy (non-hydrogen) atoms. The molecule has 1 N–H and O–H groups in total. The minimum atomic E-state index is -1.19. The molecule has 9 nitrogen and oxygen atoms in total. The fourth-order valence-corrected chi connectivity index (χ4v) is 2.19. The van der Waals surface area contributed by atoms with Crippen LogP contribution in [0.15, 0.2) is 29.1 Å². The normalized spacial score (nSPS) is 11.6. The minimum absolute atomic E-state index is 0.232. The number of benzene rings is 1. The van der Waals surface area contributed by atoms with Crippen molar-refractivity contribution in [3.63, 3.8) is 0 Å². The smallest absolute Gasteiger partial charge is 0.413 e. The van der Waals surface area contributed by atoms with Gasteiger partial charge in [0.15, 0.2) is 6.10 Å². The molecule has 0 aliphatic rings. The first-order valence-corrected chi connectivity index (χ1v) is 7.36. The van der Waals surface area contributed by atoms with E-state index in [0.29, 0.717) is 16.5 Å². The second kappa shape index (κ2) is 7.56. The monoisotopic (exact) mass is 347 g/mol. The van der Waals surface area contributed by atoms with Gasteiger partial charge >= 0.3 is 12.1 Å². The molecule has 2 rings (SSSR count). The predicted molar refractivity (Wildman–Crippen MR) is 86.8 cm³/mol. The van der Waals surface area contributed by atoms with Gasteiger partial charge in [-0.3, -0.25) is 19.7 Å². The first kappa shape index (κ1) is 18.1. The highest BCUT2D eigenvalue weighted by Gasteiger charge is 2.21. The number of esters is 1. The maximum absolute atomic E-state index is 12.1. The number of aromatic nitrogens is 2. The molecule has 0 bridgehead atoms. The maximum atomic E-state index is 12.1. The summed E-state index contributed by atoms with van der Waals surface area (Å²) in [7, 11) is 2.59. The Balaban J connectivity index is 2.15. The summed E-state index contributed by atoms with van der Waals surface area (Å²) in [5, 5.41) is 6.96. The second-order valence-electron chi connectivity index (χ2n) is 5.21. The number of imide groups is 1. The average molecular weight is 347 g/mol. The molecule has 0 saturated carbocycles. The van der Waals surface area contributed by atoms with Crippen molar-refractivity contribution in [1.29, 1.82) is 0 Å². The Kier molecular flexibility index (Phi) is 5.48. The molecule has 0 saturated heterocycles. The van der Waals surface area contributed by atoms with Crippen LogP contribution in [0.25, 0.3) is 10.8 Å². The first-order valence-electron chi connectivity index (χ1n) is 7.36. The van der Waals surface area contributed by atoms with Gasteiger partial charge in [-0.2, -0.15) is 5.10 Å². The van der Waals surface area contributed by atoms with Crippen LogP contribution in [0, 0.1) is 0 Å². The summed E-state index contributed by atoms with van der Waals surface area (Å²) in [5.41, 5.74) is 0.0711. The van der Waals surface area contributed by atoms with Crippen molar-refractivity contribution < 1.29 is 23.9 Å². The number of methoxy groups -OCH3 is 1. The summed E-state index contributed by atoms with van der Waals surface area (Å²) in [6.07, 6.45) is -2.37. The van der Waals surface area contributed by atoms with E-state index < -0.39 is 24.1 Å². The van der Waals surface area contributed by atoms with Crippen LogP contribution in [0.4, 0.5) is 4.79 Å². The molecule has 2 aromatic rings. The van der Waals surface area contributed by atoms with Crippen LogP contribution in [0.2, 0.25) is 0 Å². The van der Waals surface area contributed by atoms with E-state index in [1.165, 1.54) is 14.0 Å². The Morgan fingerprint density at radius 1 is 1.24 bits per heavy atom. The highest BCUT2D eigenvalue weighted by atomic mass is 16.6. The molecule has 9 heteroatoms. The van der Waals surface area contributed by atoms with Crippen molar-refractivity contribution in [1.82, 2.24) is 15.1 Å². The molecule has 2 amide bonds. The quantitative estimate of drug-likeness (QED) is 0.790. The Morgan fingerprint density at radius 3 is 2.52 bits per heavy atom. The van der Waals surface area contributed by atoms with Crippen LogP contribution < -0.4 is 10.9 Å². The van der Waals surface area contributed by atoms with Crippen molar-refractivity contribution in [3.05, 3.63) is 40.3 Å². The maximum Gasteiger partial charge on any atom is 0.413 e. The van der Waals surface area contributed by atoms with Gasteiger partial charge in [0, 0.05) is 12.4 Å². The van der Waals surface area contributed by atoms with Gasteiger partial charge in [0.05, 0.1) is 24.6 Å². The van der Waals surface area contributed by atoms with Crippen LogP contribution in [-0.4, -0.2) is 41.0 Å². The zero-order chi connectivity index (χ0) is 18.6. The van der Waals surface area contributed by atoms with E-state index in [2.05, 4.69) is 9.84 Å². The summed E-state index contributed by atoms with van der Waals surface area (Å²) >= 11 is 0. The topological polar surface area (TPSA) is 117 Å². The molecule has 132 valence electrons. The number of carbonyl (C=O) groups excluding carboxylic acids is 3. The van der Waals surface area contributed by atoms with Crippen molar-refractivity contribution in [3.8, 4) is 0 Å². The van der Waals surface area contributed by atoms with E-state index in [1.54, 1.807) is 24.3 Å². The fourth-order valence-electron chi connectivity index (χ4n) is 2.19. The number of hydrogen-bond donors (Lipinski definition) is 1. The lowest BCUT2D eigenvalue weighted by atomic mass is 10.1. The minimum Gasteiger partial charge on any atom is -0.453 e. The number of aryl methyl sites for hydroxylation is 1. The molecule has 0 aliphatic heterocycles. The summed E-state index contributed by atoms with van der Waals surface area (Å²) in [5.74, 6) is -1.53. The summed E-state index contributed by atoms with van der Waals surface area (Å²) in [4.78, 5) is 46.8. The number of ether oxygens (including phenoxy) is 2. The van der Waals surface area contributed by atoms with Gasteiger partial charge in [-0.1, -0.05) is 18.2 Å². The lowest BCUT2D eigenvalue weighted by Gasteiger charge is -2.13. The number of rotatable bonds is 4. The summed E-state index contributed by atoms with van der Waals surface area (Å²) in [6, 6.07) is 6.76. The van der Waals surface area contributed by atoms with Gasteiger partial charge in [-0.15, -0.1) is 0 Å². The molecule has 0 fully saturated rings. The number of hydrogen-bond acceptors (Lipinski definition) is 7. The highest BCUT2D eigenvalue weighted by molar-refractivity contribution is 5.95. The van der Waals surface area contributed by atoms with Gasteiger partial charge in [0.25, 0.3) is 11.5 Å². The second-order valence-corrected chi connectivity index (χ2v) is 5.21. The van der Waals surface area contributed by atoms with E-state index in [-0.39, 0.29) is 12.0 Å². The van der Waals surface area contributed by atoms with Gasteiger partial charge in [0.2, 0.25) is 0 Å². The van der Waals surface area contributed by atoms with Gasteiger partial charge < -0.3 is 9.47 Å². The third-order valence-electron chi connectivity index (χ3n) is 3.43. The van der Waals surface area contributed by atoms with E-state index in [1.807, 2.05) is 5.32 Å². The van der Waals surface area contributed by atoms with E-state index in [9.17, 15) is 19.2 Å². The van der Waals surface area contributed by atoms with Crippen LogP contribution in [0.1, 0.15) is 12.6 Å². The number of fused-ring (bicyclic) bond motifs is 1. The number of alkyl carbamates (subject to hydrolysis) is 1. The molecule has 0 spiro atoms. The lowest BCUT2D eigenvalue weighted by Crippen LogP contribution is -2.39. The largest absolute Gasteiger partial charge is 0.453 e. The number of amides is 2. The van der Waals surface area contributed by atoms with Crippen LogP contribution in [0.3, 0.4) is 0 Å². The fraction of sp³-hybridized carbons (Fsp3) is 0.312. The Bertz CT molecular complexity index is 889. The number of nitrogens with zero attached hydrogens (tertiary/aromatic N) is 2. The van der Waals surface area contributed by atoms with Crippen LogP contribution in [-0.2, 0) is 32.5 Å². The van der Waals surface area contributed by atoms with E-state index >= 15 is 0 Å². The number of carbonyl (C=O) groups is 3. The van der Waals surface area contributed by atoms with Crippen LogP contribution >= 0.6 is 0 Å². The van der Waals surface area contributed by atoms with Crippen molar-refractivity contribution in [2.75, 3.05) is 7.11 Å². The van der Waals surface area contributed by atoms with Gasteiger partial charge in [-0.05, 0) is 13.0 Å². The van der Waals surface area contributed by atoms with Gasteiger partial charge in [0.1, 0.15) is 0 Å². The molecular weight excluding hydrogens is 330 g/mol. The van der Waals surface area contributed by atoms with Crippen molar-refractivity contribution in [2.45, 2.75) is 19.4 Å². The zero-order valence-electron chi connectivity index (χ0n) is 13.9. The molecule has 0 aliphatic carbocycles. The zero-order valence-corrected chi connectivity index (χ0v) is 13.9. The van der Waals surface area contributed by atoms with E-state index in [4.69, 9.17) is 4.74 Å². The molecule has 1 aromatic carbocycles. The Morgan fingerprint density at radius 2 is 1.88 bits per heavy atom. The van der Waals surface area contributed by atoms with Crippen LogP contribution in [0.5, 0.6) is 0 Å². The number of nitrogens with one attached hydrogen (secondary N) is 1. The molecule has 1 heterocycles. The van der Waals surface area contributed by atoms with Crippen molar-refractivity contribution in [2.24, 2.45) is 7.05 Å². The molecule has 0 radical (unpaired) electrons. The summed E-state index contributed by atoms with van der Waals surface area (Å²) in [6.45, 7) is 1.32. The highest BCUT2D eigenvalue weighted by Crippen LogP contribution is 2.14. The third-order valence-corrected chi connectivity index (χ3v) is 3.43. The lowest BCUT2D eigenvalue weighted by molar-refractivity contribution is -0.154. The average Bonchev–Trinajstić information content (AvgIpc) is 2.59. The third kappa shape index (κ3) is 4.19. The molecule has 1 aromatic heterocycles. The van der Waals surface area contributed by atoms with E-state index in [0.717, 1.165) is 11.8 Å². The Hall–Kier alpha value is -3.23. The summed E-state index contributed by atoms with van der Waals surface area (Å²) < 4.78 is 10.4. The predicted octanol–water partition coefficient (Wildman–Crippen LogP) is 0.290. The standard InChI is InChI=1S/C16H17N3O6/c1-9(14(21)17-16(23)24-3)25-13(20)8-12-10-6-4-5-7-11(10)15(22)19(2)18-12/h4-7,9H,8H2,1-3H3,(H,17,21,23)/t9-/m0/s1. The molecular formula is C16H17N3O6. The SMILES string of the molecule is COC(=O)NC(=O)[C@H](C)OC(=O)Cc1nn(C)c(=O)c2ccccc12. The molecule has 0 unspecified atom stereocenters. The van der Waals surface area contributed by atoms with Gasteiger partial charge in [-0.25, -0.2) is 9.48 Å².